The van der Waals surface area contributed by atoms with Crippen LogP contribution in [0.3, 0.4) is 0 Å². The van der Waals surface area contributed by atoms with Gasteiger partial charge in [-0.15, -0.1) is 16.4 Å². The van der Waals surface area contributed by atoms with Gasteiger partial charge in [-0.3, -0.25) is 0 Å². The zero-order chi connectivity index (χ0) is 14.8. The van der Waals surface area contributed by atoms with E-state index in [4.69, 9.17) is 11.6 Å². The zero-order valence-corrected chi connectivity index (χ0v) is 13.6. The molecule has 3 aromatic rings. The molecule has 0 unspecified atom stereocenters. The number of aromatic nitrogens is 4. The molecule has 2 aromatic heterocycles. The summed E-state index contributed by atoms with van der Waals surface area (Å²) in [7, 11) is 0. The number of nitrogens with zero attached hydrogens (tertiary/aromatic N) is 4. The lowest BCUT2D eigenvalue weighted by Crippen LogP contribution is -2.02. The Morgan fingerprint density at radius 3 is 2.90 bits per heavy atom. The molecule has 0 atom stereocenters. The molecule has 108 valence electrons. The van der Waals surface area contributed by atoms with Gasteiger partial charge in [-0.1, -0.05) is 11.6 Å². The predicted molar refractivity (Wildman–Crippen MR) is 83.5 cm³/mol. The van der Waals surface area contributed by atoms with Gasteiger partial charge in [0.05, 0.1) is 11.4 Å². The number of hydrogen-bond donors (Lipinski definition) is 1. The molecule has 0 saturated carbocycles. The third kappa shape index (κ3) is 3.22. The van der Waals surface area contributed by atoms with Crippen molar-refractivity contribution in [2.24, 2.45) is 0 Å². The number of tetrazole rings is 1. The van der Waals surface area contributed by atoms with E-state index in [1.165, 1.54) is 28.4 Å². The van der Waals surface area contributed by atoms with Crippen LogP contribution in [0.5, 0.6) is 0 Å². The summed E-state index contributed by atoms with van der Waals surface area (Å²) >= 11 is 10.8. The van der Waals surface area contributed by atoms with Gasteiger partial charge in [0.1, 0.15) is 16.5 Å². The number of halogens is 3. The Morgan fingerprint density at radius 2 is 2.24 bits per heavy atom. The largest absolute Gasteiger partial charge is 0.378 e. The van der Waals surface area contributed by atoms with Crippen LogP contribution in [0.1, 0.15) is 4.88 Å². The van der Waals surface area contributed by atoms with Gasteiger partial charge in [0, 0.05) is 15.9 Å². The van der Waals surface area contributed by atoms with Crippen molar-refractivity contribution in [2.75, 3.05) is 5.32 Å². The lowest BCUT2D eigenvalue weighted by molar-refractivity contribution is 0.629. The minimum absolute atomic E-state index is 0.339. The van der Waals surface area contributed by atoms with Crippen molar-refractivity contribution in [1.29, 1.82) is 0 Å². The van der Waals surface area contributed by atoms with Crippen LogP contribution in [0.4, 0.5) is 10.1 Å². The maximum absolute atomic E-state index is 13.8. The van der Waals surface area contributed by atoms with Crippen molar-refractivity contribution in [2.45, 2.75) is 6.54 Å². The fourth-order valence-electron chi connectivity index (χ4n) is 1.73. The molecular weight excluding hydrogens is 381 g/mol. The van der Waals surface area contributed by atoms with E-state index >= 15 is 0 Å². The first kappa shape index (κ1) is 14.4. The minimum Gasteiger partial charge on any atom is -0.378 e. The molecule has 0 aliphatic rings. The maximum atomic E-state index is 13.8. The highest BCUT2D eigenvalue weighted by molar-refractivity contribution is 9.10. The van der Waals surface area contributed by atoms with Gasteiger partial charge in [-0.05, 0) is 50.6 Å². The predicted octanol–water partition coefficient (Wildman–Crippen LogP) is 3.89. The second-order valence-electron chi connectivity index (χ2n) is 4.11. The van der Waals surface area contributed by atoms with Crippen LogP contribution in [-0.2, 0) is 6.54 Å². The van der Waals surface area contributed by atoms with Gasteiger partial charge in [-0.2, -0.15) is 0 Å². The summed E-state index contributed by atoms with van der Waals surface area (Å²) in [6.45, 7) is 0.478. The monoisotopic (exact) mass is 387 g/mol. The summed E-state index contributed by atoms with van der Waals surface area (Å²) in [6, 6.07) is 6.53. The molecule has 9 heteroatoms. The second-order valence-corrected chi connectivity index (χ2v) is 6.70. The summed E-state index contributed by atoms with van der Waals surface area (Å²) in [5, 5.41) is 13.9. The van der Waals surface area contributed by atoms with Gasteiger partial charge < -0.3 is 5.32 Å². The zero-order valence-electron chi connectivity index (χ0n) is 10.4. The van der Waals surface area contributed by atoms with Gasteiger partial charge in [0.15, 0.2) is 0 Å². The van der Waals surface area contributed by atoms with Gasteiger partial charge >= 0.3 is 0 Å². The average Bonchev–Trinajstić information content (AvgIpc) is 3.09. The maximum Gasteiger partial charge on any atom is 0.146 e. The Balaban J connectivity index is 1.80. The van der Waals surface area contributed by atoms with Crippen molar-refractivity contribution < 1.29 is 4.39 Å². The number of anilines is 1. The lowest BCUT2D eigenvalue weighted by atomic mass is 10.2. The highest BCUT2D eigenvalue weighted by atomic mass is 79.9. The first-order chi connectivity index (χ1) is 10.1. The Kier molecular flexibility index (Phi) is 4.18. The third-order valence-corrected chi connectivity index (χ3v) is 5.19. The Hall–Kier alpha value is -1.51. The number of benzene rings is 1. The molecule has 3 rings (SSSR count). The van der Waals surface area contributed by atoms with E-state index in [-0.39, 0.29) is 5.82 Å². The molecule has 0 radical (unpaired) electrons. The molecule has 0 fully saturated rings. The molecule has 0 aliphatic heterocycles. The molecule has 1 aromatic carbocycles. The van der Waals surface area contributed by atoms with Crippen LogP contribution in [0.25, 0.3) is 5.69 Å². The van der Waals surface area contributed by atoms with Crippen LogP contribution >= 0.6 is 38.9 Å². The molecular formula is C12H8BrClFN5S. The van der Waals surface area contributed by atoms with E-state index in [1.54, 1.807) is 12.1 Å². The van der Waals surface area contributed by atoms with Gasteiger partial charge in [-0.25, -0.2) is 9.07 Å². The van der Waals surface area contributed by atoms with E-state index in [0.29, 0.717) is 22.3 Å². The normalized spacial score (nSPS) is 10.8. The van der Waals surface area contributed by atoms with E-state index in [2.05, 4.69) is 36.8 Å². The van der Waals surface area contributed by atoms with Crippen LogP contribution < -0.4 is 5.32 Å². The highest BCUT2D eigenvalue weighted by Gasteiger charge is 2.08. The Bertz CT molecular complexity index is 742. The molecule has 0 bridgehead atoms. The first-order valence-corrected chi connectivity index (χ1v) is 7.83. The number of nitrogens with one attached hydrogen (secondary N) is 1. The third-order valence-electron chi connectivity index (χ3n) is 2.71. The summed E-state index contributed by atoms with van der Waals surface area (Å²) < 4.78 is 16.8. The van der Waals surface area contributed by atoms with E-state index < -0.39 is 0 Å². The quantitative estimate of drug-likeness (QED) is 0.737. The molecule has 0 amide bonds. The lowest BCUT2D eigenvalue weighted by Gasteiger charge is -2.08. The van der Waals surface area contributed by atoms with Crippen LogP contribution in [0.2, 0.25) is 4.34 Å². The molecule has 1 N–H and O–H groups in total. The molecule has 0 aliphatic carbocycles. The molecule has 5 nitrogen and oxygen atoms in total. The van der Waals surface area contributed by atoms with Crippen molar-refractivity contribution in [1.82, 2.24) is 20.2 Å². The summed E-state index contributed by atoms with van der Waals surface area (Å²) in [5.41, 5.74) is 1.05. The Labute approximate surface area is 136 Å². The fraction of sp³-hybridized carbons (Fsp3) is 0.0833. The average molecular weight is 389 g/mol. The molecule has 21 heavy (non-hydrogen) atoms. The summed E-state index contributed by atoms with van der Waals surface area (Å²) in [5.74, 6) is -0.339. The fourth-order valence-corrected chi connectivity index (χ4v) is 3.46. The number of rotatable bonds is 4. The smallest absolute Gasteiger partial charge is 0.146 e. The Morgan fingerprint density at radius 1 is 1.38 bits per heavy atom. The van der Waals surface area contributed by atoms with E-state index in [0.717, 1.165) is 9.35 Å². The van der Waals surface area contributed by atoms with Crippen LogP contribution in [-0.4, -0.2) is 20.2 Å². The van der Waals surface area contributed by atoms with Crippen molar-refractivity contribution in [3.05, 3.63) is 50.1 Å². The van der Waals surface area contributed by atoms with Crippen molar-refractivity contribution in [3.63, 3.8) is 0 Å². The molecule has 0 spiro atoms. The topological polar surface area (TPSA) is 55.6 Å². The molecule has 2 heterocycles. The SMILES string of the molecule is Fc1ccc(-n2cnnn2)cc1NCc1cc(Br)c(Cl)s1. The first-order valence-electron chi connectivity index (χ1n) is 5.84. The highest BCUT2D eigenvalue weighted by Crippen LogP contribution is 2.32. The standard InChI is InChI=1S/C12H8BrClFN5S/c13-9-4-8(21-12(9)14)5-16-11-3-7(1-2-10(11)15)20-6-17-18-19-20/h1-4,6,16H,5H2. The van der Waals surface area contributed by atoms with Gasteiger partial charge in [0.2, 0.25) is 0 Å². The second kappa shape index (κ2) is 6.08. The number of hydrogen-bond acceptors (Lipinski definition) is 5. The summed E-state index contributed by atoms with van der Waals surface area (Å²) in [4.78, 5) is 0.999. The van der Waals surface area contributed by atoms with E-state index in [9.17, 15) is 4.39 Å². The van der Waals surface area contributed by atoms with Gasteiger partial charge in [0.25, 0.3) is 0 Å². The van der Waals surface area contributed by atoms with Crippen molar-refractivity contribution in [3.8, 4) is 5.69 Å². The summed E-state index contributed by atoms with van der Waals surface area (Å²) in [6.07, 6.45) is 1.45. The van der Waals surface area contributed by atoms with Crippen molar-refractivity contribution >= 4 is 44.6 Å². The van der Waals surface area contributed by atoms with E-state index in [1.807, 2.05) is 6.07 Å². The van der Waals surface area contributed by atoms with Crippen LogP contribution in [0, 0.1) is 5.82 Å². The number of thiophene rings is 1. The molecule has 0 saturated heterocycles. The van der Waals surface area contributed by atoms with Crippen LogP contribution in [0.15, 0.2) is 35.1 Å². The minimum atomic E-state index is -0.339.